The van der Waals surface area contributed by atoms with Crippen LogP contribution in [0.1, 0.15) is 23.7 Å². The molecular weight excluding hydrogens is 290 g/mol. The van der Waals surface area contributed by atoms with Gasteiger partial charge in [-0.3, -0.25) is 9.69 Å². The molecule has 1 aromatic carbocycles. The topological polar surface area (TPSA) is 67.6 Å². The highest BCUT2D eigenvalue weighted by atomic mass is 35.5. The van der Waals surface area contributed by atoms with Crippen LogP contribution in [0.3, 0.4) is 0 Å². The maximum absolute atomic E-state index is 12.4. The van der Waals surface area contributed by atoms with Gasteiger partial charge in [-0.15, -0.1) is 0 Å². The third-order valence-electron chi connectivity index (χ3n) is 3.76. The standard InChI is InChI=1S/C15H18ClN3O2/c1-2-11(10-17)18-5-7-19(8-6-18)15(21)13-9-12(20)3-4-14(13)16/h3-4,9,11,20H,2,5-8H2,1H3. The zero-order chi connectivity index (χ0) is 15.4. The molecule has 0 aliphatic carbocycles. The molecule has 1 aliphatic heterocycles. The van der Waals surface area contributed by atoms with Gasteiger partial charge < -0.3 is 10.0 Å². The summed E-state index contributed by atoms with van der Waals surface area (Å²) in [7, 11) is 0. The number of rotatable bonds is 3. The summed E-state index contributed by atoms with van der Waals surface area (Å²) in [5.41, 5.74) is 0.317. The van der Waals surface area contributed by atoms with Crippen LogP contribution in [0.25, 0.3) is 0 Å². The molecule has 5 nitrogen and oxygen atoms in total. The average Bonchev–Trinajstić information content (AvgIpc) is 2.51. The van der Waals surface area contributed by atoms with Crippen LogP contribution >= 0.6 is 11.6 Å². The van der Waals surface area contributed by atoms with Crippen molar-refractivity contribution in [1.29, 1.82) is 5.26 Å². The highest BCUT2D eigenvalue weighted by molar-refractivity contribution is 6.33. The van der Waals surface area contributed by atoms with Gasteiger partial charge in [-0.1, -0.05) is 18.5 Å². The molecule has 112 valence electrons. The third kappa shape index (κ3) is 3.46. The van der Waals surface area contributed by atoms with E-state index in [1.165, 1.54) is 18.2 Å². The van der Waals surface area contributed by atoms with E-state index in [0.29, 0.717) is 36.8 Å². The van der Waals surface area contributed by atoms with Crippen molar-refractivity contribution in [2.24, 2.45) is 0 Å². The lowest BCUT2D eigenvalue weighted by Gasteiger charge is -2.36. The zero-order valence-electron chi connectivity index (χ0n) is 11.9. The number of carbonyl (C=O) groups is 1. The molecular formula is C15H18ClN3O2. The molecule has 21 heavy (non-hydrogen) atoms. The van der Waals surface area contributed by atoms with Crippen molar-refractivity contribution in [3.63, 3.8) is 0 Å². The monoisotopic (exact) mass is 307 g/mol. The number of hydrogen-bond acceptors (Lipinski definition) is 4. The summed E-state index contributed by atoms with van der Waals surface area (Å²) in [4.78, 5) is 16.2. The van der Waals surface area contributed by atoms with Gasteiger partial charge in [-0.05, 0) is 24.6 Å². The minimum Gasteiger partial charge on any atom is -0.508 e. The number of amides is 1. The van der Waals surface area contributed by atoms with Crippen molar-refractivity contribution in [2.45, 2.75) is 19.4 Å². The molecule has 0 spiro atoms. The van der Waals surface area contributed by atoms with Crippen LogP contribution in [0.5, 0.6) is 5.75 Å². The number of phenolic OH excluding ortho intramolecular Hbond substituents is 1. The number of halogens is 1. The Bertz CT molecular complexity index is 563. The fourth-order valence-corrected chi connectivity index (χ4v) is 2.71. The quantitative estimate of drug-likeness (QED) is 0.928. The van der Waals surface area contributed by atoms with E-state index in [4.69, 9.17) is 16.9 Å². The molecule has 1 aliphatic rings. The SMILES string of the molecule is CCC(C#N)N1CCN(C(=O)c2cc(O)ccc2Cl)CC1. The zero-order valence-corrected chi connectivity index (χ0v) is 12.7. The molecule has 2 rings (SSSR count). The molecule has 1 fully saturated rings. The number of benzene rings is 1. The molecule has 1 unspecified atom stereocenters. The first-order valence-corrected chi connectivity index (χ1v) is 7.36. The number of piperazine rings is 1. The van der Waals surface area contributed by atoms with Crippen LogP contribution in [0.2, 0.25) is 5.02 Å². The maximum atomic E-state index is 12.4. The first-order valence-electron chi connectivity index (χ1n) is 6.98. The molecule has 0 radical (unpaired) electrons. The molecule has 1 amide bonds. The van der Waals surface area contributed by atoms with Crippen LogP contribution in [-0.4, -0.2) is 53.0 Å². The summed E-state index contributed by atoms with van der Waals surface area (Å²) in [6.45, 7) is 4.45. The normalized spacial score (nSPS) is 17.3. The molecule has 1 N–H and O–H groups in total. The van der Waals surface area contributed by atoms with Crippen LogP contribution in [0, 0.1) is 11.3 Å². The Labute approximate surface area is 129 Å². The van der Waals surface area contributed by atoms with Crippen LogP contribution in [0.4, 0.5) is 0 Å². The predicted molar refractivity (Wildman–Crippen MR) is 80.3 cm³/mol. The summed E-state index contributed by atoms with van der Waals surface area (Å²) >= 11 is 6.02. The van der Waals surface area contributed by atoms with E-state index in [1.54, 1.807) is 4.90 Å². The number of hydrogen-bond donors (Lipinski definition) is 1. The van der Waals surface area contributed by atoms with Crippen molar-refractivity contribution >= 4 is 17.5 Å². The van der Waals surface area contributed by atoms with Crippen molar-refractivity contribution in [2.75, 3.05) is 26.2 Å². The molecule has 0 saturated carbocycles. The highest BCUT2D eigenvalue weighted by Crippen LogP contribution is 2.23. The Morgan fingerprint density at radius 3 is 2.67 bits per heavy atom. The van der Waals surface area contributed by atoms with Gasteiger partial charge in [-0.25, -0.2) is 0 Å². The fraction of sp³-hybridized carbons (Fsp3) is 0.467. The Hall–Kier alpha value is -1.77. The lowest BCUT2D eigenvalue weighted by molar-refractivity contribution is 0.0604. The first kappa shape index (κ1) is 15.6. The predicted octanol–water partition coefficient (Wildman–Crippen LogP) is 2.11. The highest BCUT2D eigenvalue weighted by Gasteiger charge is 2.26. The average molecular weight is 308 g/mol. The summed E-state index contributed by atoms with van der Waals surface area (Å²) in [6.07, 6.45) is 0.781. The van der Waals surface area contributed by atoms with Crippen molar-refractivity contribution < 1.29 is 9.90 Å². The van der Waals surface area contributed by atoms with E-state index in [2.05, 4.69) is 11.0 Å². The minimum absolute atomic E-state index is 0.0249. The summed E-state index contributed by atoms with van der Waals surface area (Å²) in [5.74, 6) is -0.155. The van der Waals surface area contributed by atoms with Gasteiger partial charge >= 0.3 is 0 Å². The van der Waals surface area contributed by atoms with Gasteiger partial charge in [0.25, 0.3) is 5.91 Å². The minimum atomic E-state index is -0.180. The second-order valence-electron chi connectivity index (χ2n) is 5.05. The molecule has 1 aromatic rings. The van der Waals surface area contributed by atoms with Crippen molar-refractivity contribution in [3.05, 3.63) is 28.8 Å². The lowest BCUT2D eigenvalue weighted by Crippen LogP contribution is -2.51. The number of phenols is 1. The van der Waals surface area contributed by atoms with E-state index in [0.717, 1.165) is 6.42 Å². The molecule has 0 bridgehead atoms. The van der Waals surface area contributed by atoms with Crippen LogP contribution in [0.15, 0.2) is 18.2 Å². The van der Waals surface area contributed by atoms with Gasteiger partial charge in [0.15, 0.2) is 0 Å². The summed E-state index contributed by atoms with van der Waals surface area (Å²) < 4.78 is 0. The van der Waals surface area contributed by atoms with Gasteiger partial charge in [0.1, 0.15) is 5.75 Å². The van der Waals surface area contributed by atoms with E-state index in [-0.39, 0.29) is 17.7 Å². The molecule has 1 atom stereocenters. The van der Waals surface area contributed by atoms with Gasteiger partial charge in [0, 0.05) is 26.2 Å². The third-order valence-corrected chi connectivity index (χ3v) is 4.09. The van der Waals surface area contributed by atoms with Crippen LogP contribution in [-0.2, 0) is 0 Å². The molecule has 0 aromatic heterocycles. The van der Waals surface area contributed by atoms with Gasteiger partial charge in [-0.2, -0.15) is 5.26 Å². The fourth-order valence-electron chi connectivity index (χ4n) is 2.52. The van der Waals surface area contributed by atoms with Gasteiger partial charge in [0.2, 0.25) is 0 Å². The largest absolute Gasteiger partial charge is 0.508 e. The Morgan fingerprint density at radius 2 is 2.10 bits per heavy atom. The molecule has 6 heteroatoms. The smallest absolute Gasteiger partial charge is 0.255 e. The van der Waals surface area contributed by atoms with E-state index < -0.39 is 0 Å². The summed E-state index contributed by atoms with van der Waals surface area (Å²) in [5, 5.41) is 18.9. The number of nitrogens with zero attached hydrogens (tertiary/aromatic N) is 3. The van der Waals surface area contributed by atoms with E-state index in [9.17, 15) is 9.90 Å². The number of aromatic hydroxyl groups is 1. The maximum Gasteiger partial charge on any atom is 0.255 e. The van der Waals surface area contributed by atoms with Gasteiger partial charge in [0.05, 0.1) is 22.7 Å². The Morgan fingerprint density at radius 1 is 1.43 bits per heavy atom. The molecule has 1 saturated heterocycles. The molecule has 1 heterocycles. The summed E-state index contributed by atoms with van der Waals surface area (Å²) in [6, 6.07) is 6.55. The number of nitriles is 1. The lowest BCUT2D eigenvalue weighted by atomic mass is 10.1. The van der Waals surface area contributed by atoms with Crippen LogP contribution < -0.4 is 0 Å². The van der Waals surface area contributed by atoms with Crippen molar-refractivity contribution in [1.82, 2.24) is 9.80 Å². The van der Waals surface area contributed by atoms with E-state index in [1.807, 2.05) is 6.92 Å². The van der Waals surface area contributed by atoms with Crippen molar-refractivity contribution in [3.8, 4) is 11.8 Å². The Balaban J connectivity index is 2.04. The first-order chi connectivity index (χ1) is 10.1. The van der Waals surface area contributed by atoms with E-state index >= 15 is 0 Å². The second kappa shape index (κ2) is 6.79. The second-order valence-corrected chi connectivity index (χ2v) is 5.45. The number of carbonyl (C=O) groups excluding carboxylic acids is 1. The Kier molecular flexibility index (Phi) is 5.05.